The van der Waals surface area contributed by atoms with Gasteiger partial charge in [-0.3, -0.25) is 4.79 Å². The second-order valence-electron chi connectivity index (χ2n) is 7.75. The highest BCUT2D eigenvalue weighted by Crippen LogP contribution is 2.36. The van der Waals surface area contributed by atoms with Crippen molar-refractivity contribution in [1.82, 2.24) is 5.48 Å². The molecule has 3 unspecified atom stereocenters. The molecule has 0 amide bonds. The molecule has 6 nitrogen and oxygen atoms in total. The minimum absolute atomic E-state index is 0.0621. The molecule has 0 radical (unpaired) electrons. The lowest BCUT2D eigenvalue weighted by molar-refractivity contribution is -0.137. The van der Waals surface area contributed by atoms with Crippen LogP contribution in [0, 0.1) is 11.8 Å². The van der Waals surface area contributed by atoms with Gasteiger partial charge in [0, 0.05) is 18.4 Å². The van der Waals surface area contributed by atoms with E-state index in [1.807, 2.05) is 48.6 Å². The molecule has 0 heterocycles. The predicted octanol–water partition coefficient (Wildman–Crippen LogP) is 3.08. The summed E-state index contributed by atoms with van der Waals surface area (Å²) in [6.07, 6.45) is 10.4. The minimum Gasteiger partial charge on any atom is -0.481 e. The molecule has 1 aliphatic carbocycles. The minimum atomic E-state index is -0.794. The summed E-state index contributed by atoms with van der Waals surface area (Å²) in [6, 6.07) is 9.74. The fourth-order valence-electron chi connectivity index (χ4n) is 3.93. The molecule has 29 heavy (non-hydrogen) atoms. The van der Waals surface area contributed by atoms with Crippen molar-refractivity contribution in [3.63, 3.8) is 0 Å². The summed E-state index contributed by atoms with van der Waals surface area (Å²) < 4.78 is 0. The van der Waals surface area contributed by atoms with E-state index < -0.39 is 18.2 Å². The van der Waals surface area contributed by atoms with Crippen molar-refractivity contribution >= 4 is 5.97 Å². The van der Waals surface area contributed by atoms with Gasteiger partial charge >= 0.3 is 5.97 Å². The van der Waals surface area contributed by atoms with Crippen molar-refractivity contribution in [2.24, 2.45) is 11.8 Å². The number of hydrogen-bond donors (Lipinski definition) is 5. The van der Waals surface area contributed by atoms with Gasteiger partial charge in [-0.2, -0.15) is 0 Å². The fraction of sp³-hybridized carbons (Fsp3) is 0.522. The van der Waals surface area contributed by atoms with Crippen LogP contribution >= 0.6 is 0 Å². The molecule has 1 saturated carbocycles. The van der Waals surface area contributed by atoms with Gasteiger partial charge in [-0.25, -0.2) is 5.48 Å². The lowest BCUT2D eigenvalue weighted by atomic mass is 9.89. The Hall–Kier alpha value is -1.99. The Bertz CT molecular complexity index is 660. The van der Waals surface area contributed by atoms with Crippen LogP contribution in [-0.2, 0) is 11.2 Å². The maximum Gasteiger partial charge on any atom is 0.303 e. The first-order chi connectivity index (χ1) is 14.0. The molecule has 5 atom stereocenters. The van der Waals surface area contributed by atoms with Crippen molar-refractivity contribution < 1.29 is 25.3 Å². The highest BCUT2D eigenvalue weighted by atomic mass is 16.5. The number of nitrogens with one attached hydrogen (secondary N) is 1. The molecular weight excluding hydrogens is 370 g/mol. The predicted molar refractivity (Wildman–Crippen MR) is 111 cm³/mol. The van der Waals surface area contributed by atoms with E-state index in [0.29, 0.717) is 32.1 Å². The van der Waals surface area contributed by atoms with Gasteiger partial charge < -0.3 is 20.5 Å². The third-order valence-corrected chi connectivity index (χ3v) is 5.58. The average Bonchev–Trinajstić information content (AvgIpc) is 3.02. The SMILES string of the molecule is O=C(O)CCC/C=C\C[C@@H]1C(/C=C/C(O)CCc2ccccc2)C(NO)C[C@@H]1O. The van der Waals surface area contributed by atoms with Gasteiger partial charge in [0.2, 0.25) is 0 Å². The zero-order valence-electron chi connectivity index (χ0n) is 16.7. The summed E-state index contributed by atoms with van der Waals surface area (Å²) >= 11 is 0. The van der Waals surface area contributed by atoms with E-state index >= 15 is 0 Å². The Labute approximate surface area is 172 Å². The molecule has 1 fully saturated rings. The molecule has 0 aromatic heterocycles. The maximum absolute atomic E-state index is 10.5. The van der Waals surface area contributed by atoms with Crippen LogP contribution in [0.4, 0.5) is 0 Å². The van der Waals surface area contributed by atoms with E-state index in [-0.39, 0.29) is 24.3 Å². The number of unbranched alkanes of at least 4 members (excludes halogenated alkanes) is 1. The third kappa shape index (κ3) is 8.11. The number of carboxylic acids is 1. The maximum atomic E-state index is 10.5. The number of aliphatic hydroxyl groups is 2. The van der Waals surface area contributed by atoms with E-state index in [4.69, 9.17) is 5.11 Å². The lowest BCUT2D eigenvalue weighted by Crippen LogP contribution is -2.30. The number of hydrogen-bond acceptors (Lipinski definition) is 5. The van der Waals surface area contributed by atoms with Crippen LogP contribution in [0.1, 0.15) is 44.1 Å². The van der Waals surface area contributed by atoms with Gasteiger partial charge in [0.05, 0.1) is 12.2 Å². The van der Waals surface area contributed by atoms with Crippen molar-refractivity contribution in [2.75, 3.05) is 0 Å². The van der Waals surface area contributed by atoms with E-state index in [0.717, 1.165) is 6.42 Å². The van der Waals surface area contributed by atoms with Gasteiger partial charge in [-0.15, -0.1) is 0 Å². The van der Waals surface area contributed by atoms with Crippen LogP contribution in [0.25, 0.3) is 0 Å². The smallest absolute Gasteiger partial charge is 0.303 e. The van der Waals surface area contributed by atoms with Gasteiger partial charge in [0.25, 0.3) is 0 Å². The first-order valence-corrected chi connectivity index (χ1v) is 10.4. The molecule has 0 aliphatic heterocycles. The summed E-state index contributed by atoms with van der Waals surface area (Å²) in [4.78, 5) is 10.5. The summed E-state index contributed by atoms with van der Waals surface area (Å²) in [7, 11) is 0. The summed E-state index contributed by atoms with van der Waals surface area (Å²) in [5.74, 6) is -0.949. The Kier molecular flexibility index (Phi) is 10.1. The molecule has 1 aromatic rings. The number of aliphatic hydroxyl groups excluding tert-OH is 2. The summed E-state index contributed by atoms with van der Waals surface area (Å²) in [5, 5.41) is 38.8. The number of aliphatic carboxylic acids is 1. The van der Waals surface area contributed by atoms with Gasteiger partial charge in [0.1, 0.15) is 0 Å². The van der Waals surface area contributed by atoms with E-state index in [1.165, 1.54) is 5.56 Å². The second kappa shape index (κ2) is 12.5. The second-order valence-corrected chi connectivity index (χ2v) is 7.75. The van der Waals surface area contributed by atoms with E-state index in [2.05, 4.69) is 5.48 Å². The molecule has 160 valence electrons. The van der Waals surface area contributed by atoms with Crippen LogP contribution in [0.5, 0.6) is 0 Å². The molecule has 0 bridgehead atoms. The summed E-state index contributed by atoms with van der Waals surface area (Å²) in [5.41, 5.74) is 3.47. The topological polar surface area (TPSA) is 110 Å². The summed E-state index contributed by atoms with van der Waals surface area (Å²) in [6.45, 7) is 0. The number of carboxylic acid groups (broad SMARTS) is 1. The number of hydroxylamine groups is 1. The molecule has 0 saturated heterocycles. The van der Waals surface area contributed by atoms with Gasteiger partial charge in [0.15, 0.2) is 0 Å². The molecular formula is C23H33NO5. The van der Waals surface area contributed by atoms with Crippen molar-refractivity contribution in [1.29, 1.82) is 0 Å². The number of rotatable bonds is 12. The highest BCUT2D eigenvalue weighted by Gasteiger charge is 2.40. The molecule has 1 aliphatic rings. The van der Waals surface area contributed by atoms with E-state index in [1.54, 1.807) is 6.08 Å². The van der Waals surface area contributed by atoms with Crippen LogP contribution in [0.2, 0.25) is 0 Å². The Morgan fingerprint density at radius 2 is 2.00 bits per heavy atom. The quantitative estimate of drug-likeness (QED) is 0.208. The monoisotopic (exact) mass is 403 g/mol. The number of benzene rings is 1. The molecule has 1 aromatic carbocycles. The molecule has 0 spiro atoms. The first-order valence-electron chi connectivity index (χ1n) is 10.4. The van der Waals surface area contributed by atoms with Crippen LogP contribution in [0.3, 0.4) is 0 Å². The van der Waals surface area contributed by atoms with Crippen molar-refractivity contribution in [3.8, 4) is 0 Å². The van der Waals surface area contributed by atoms with Gasteiger partial charge in [-0.05, 0) is 50.0 Å². The number of allylic oxidation sites excluding steroid dienone is 2. The normalized spacial score (nSPS) is 25.8. The van der Waals surface area contributed by atoms with Gasteiger partial charge in [-0.1, -0.05) is 54.6 Å². The largest absolute Gasteiger partial charge is 0.481 e. The number of carbonyl (C=O) groups is 1. The van der Waals surface area contributed by atoms with Crippen LogP contribution < -0.4 is 5.48 Å². The van der Waals surface area contributed by atoms with Crippen molar-refractivity contribution in [3.05, 3.63) is 60.2 Å². The fourth-order valence-corrected chi connectivity index (χ4v) is 3.93. The van der Waals surface area contributed by atoms with E-state index in [9.17, 15) is 20.2 Å². The average molecular weight is 404 g/mol. The molecule has 2 rings (SSSR count). The van der Waals surface area contributed by atoms with Crippen LogP contribution in [0.15, 0.2) is 54.6 Å². The Morgan fingerprint density at radius 1 is 1.24 bits per heavy atom. The Balaban J connectivity index is 1.87. The molecule has 5 N–H and O–H groups in total. The number of aryl methyl sites for hydroxylation is 1. The lowest BCUT2D eigenvalue weighted by Gasteiger charge is -2.21. The van der Waals surface area contributed by atoms with Crippen molar-refractivity contribution in [2.45, 2.75) is 63.2 Å². The van der Waals surface area contributed by atoms with Crippen LogP contribution in [-0.4, -0.2) is 44.7 Å². The standard InChI is InChI=1S/C23H33NO5/c25-18(13-12-17-8-4-3-5-9-17)14-15-19-20(22(26)16-21(19)24-29)10-6-1-2-7-11-23(27)28/h1,3-6,8-9,14-15,18-22,24-26,29H,2,7,10-13,16H2,(H,27,28)/b6-1-,15-14+/t18?,19?,20-,21?,22+/m1/s1. The first kappa shape index (κ1) is 23.3. The third-order valence-electron chi connectivity index (χ3n) is 5.58. The molecule has 6 heteroatoms. The zero-order valence-corrected chi connectivity index (χ0v) is 16.7. The Morgan fingerprint density at radius 3 is 2.69 bits per heavy atom. The zero-order chi connectivity index (χ0) is 21.1. The highest BCUT2D eigenvalue weighted by molar-refractivity contribution is 5.66.